The summed E-state index contributed by atoms with van der Waals surface area (Å²) in [7, 11) is -7.85. The summed E-state index contributed by atoms with van der Waals surface area (Å²) >= 11 is 0. The van der Waals surface area contributed by atoms with Gasteiger partial charge in [-0.05, 0) is 20.3 Å². The molecule has 102 valence electrons. The third-order valence-electron chi connectivity index (χ3n) is 1.80. The molecule has 0 aromatic heterocycles. The molecule has 0 aromatic rings. The third kappa shape index (κ3) is 7.55. The average molecular weight is 293 g/mol. The molecule has 0 amide bonds. The molecular formula is C8H17LiNO6PS. The molecule has 0 radical (unpaired) electrons. The molecule has 10 heteroatoms. The summed E-state index contributed by atoms with van der Waals surface area (Å²) in [6.07, 6.45) is -0.299. The van der Waals surface area contributed by atoms with Crippen LogP contribution in [0.4, 0.5) is 0 Å². The summed E-state index contributed by atoms with van der Waals surface area (Å²) in [5.74, 6) is -0.657. The molecule has 18 heavy (non-hydrogen) atoms. The van der Waals surface area contributed by atoms with Crippen LogP contribution in [0.2, 0.25) is 0 Å². The number of nitrogens with zero attached hydrogens (tertiary/aromatic N) is 1. The molecule has 0 heterocycles. The molecule has 0 fully saturated rings. The molecule has 0 aromatic carbocycles. The van der Waals surface area contributed by atoms with Gasteiger partial charge >= 0.3 is 26.5 Å². The first-order chi connectivity index (χ1) is 7.79. The normalized spacial score (nSPS) is 13.4. The minimum atomic E-state index is -4.20. The van der Waals surface area contributed by atoms with Crippen molar-refractivity contribution in [3.05, 3.63) is 0 Å². The van der Waals surface area contributed by atoms with Crippen LogP contribution in [-0.2, 0) is 23.7 Å². The maximum atomic E-state index is 12.1. The second-order valence-electron chi connectivity index (χ2n) is 3.09. The fourth-order valence-corrected chi connectivity index (χ4v) is 3.58. The van der Waals surface area contributed by atoms with Gasteiger partial charge in [-0.25, -0.2) is 0 Å². The van der Waals surface area contributed by atoms with Crippen molar-refractivity contribution in [1.29, 1.82) is 5.26 Å². The summed E-state index contributed by atoms with van der Waals surface area (Å²) in [6, 6.07) is 1.70. The Bertz CT molecular complexity index is 410. The van der Waals surface area contributed by atoms with Crippen LogP contribution in [0.3, 0.4) is 0 Å². The summed E-state index contributed by atoms with van der Waals surface area (Å²) in [4.78, 5) is 0. The Morgan fingerprint density at radius 1 is 1.33 bits per heavy atom. The van der Waals surface area contributed by atoms with E-state index in [0.717, 1.165) is 0 Å². The first kappa shape index (κ1) is 20.5. The van der Waals surface area contributed by atoms with Crippen LogP contribution in [0.15, 0.2) is 0 Å². The Labute approximate surface area is 119 Å². The van der Waals surface area contributed by atoms with E-state index in [9.17, 15) is 13.0 Å². The fraction of sp³-hybridized carbons (Fsp3) is 0.875. The summed E-state index contributed by atoms with van der Waals surface area (Å²) < 4.78 is 51.7. The average Bonchev–Trinajstić information content (AvgIpc) is 2.17. The van der Waals surface area contributed by atoms with Crippen LogP contribution in [0.5, 0.6) is 0 Å². The van der Waals surface area contributed by atoms with Gasteiger partial charge in [0.15, 0.2) is 0 Å². The monoisotopic (exact) mass is 293 g/mol. The van der Waals surface area contributed by atoms with Crippen molar-refractivity contribution in [2.45, 2.75) is 25.9 Å². The Morgan fingerprint density at radius 3 is 2.06 bits per heavy atom. The van der Waals surface area contributed by atoms with Gasteiger partial charge in [0.2, 0.25) is 0 Å². The summed E-state index contributed by atoms with van der Waals surface area (Å²) in [5, 5.41) is 8.85. The molecule has 0 spiro atoms. The SMILES string of the molecule is CCOP(=O)(OCC)C(C#N)CCS(=O)(=O)O.[LiH]. The van der Waals surface area contributed by atoms with Gasteiger partial charge in [-0.2, -0.15) is 13.7 Å². The molecule has 0 saturated heterocycles. The van der Waals surface area contributed by atoms with Crippen LogP contribution in [0, 0.1) is 11.3 Å². The zero-order valence-corrected chi connectivity index (χ0v) is 11.4. The van der Waals surface area contributed by atoms with Gasteiger partial charge in [0, 0.05) is 0 Å². The van der Waals surface area contributed by atoms with Gasteiger partial charge in [-0.15, -0.1) is 0 Å². The molecule has 0 aliphatic rings. The zero-order valence-electron chi connectivity index (χ0n) is 9.70. The van der Waals surface area contributed by atoms with E-state index < -0.39 is 29.1 Å². The number of nitriles is 1. The quantitative estimate of drug-likeness (QED) is 0.399. The summed E-state index contributed by atoms with van der Waals surface area (Å²) in [6.45, 7) is 3.34. The van der Waals surface area contributed by atoms with Gasteiger partial charge in [0.05, 0.1) is 25.0 Å². The van der Waals surface area contributed by atoms with Crippen molar-refractivity contribution in [3.8, 4) is 6.07 Å². The van der Waals surface area contributed by atoms with Crippen molar-refractivity contribution in [1.82, 2.24) is 0 Å². The molecule has 0 aliphatic heterocycles. The molecule has 0 aliphatic carbocycles. The van der Waals surface area contributed by atoms with E-state index in [-0.39, 0.29) is 38.5 Å². The zero-order chi connectivity index (χ0) is 13.5. The topological polar surface area (TPSA) is 114 Å². The van der Waals surface area contributed by atoms with Crippen LogP contribution in [0.25, 0.3) is 0 Å². The molecule has 0 rings (SSSR count). The Kier molecular flexibility index (Phi) is 10.4. The van der Waals surface area contributed by atoms with Crippen LogP contribution >= 0.6 is 7.60 Å². The predicted octanol–water partition coefficient (Wildman–Crippen LogP) is 0.774. The van der Waals surface area contributed by atoms with Crippen molar-refractivity contribution in [2.75, 3.05) is 19.0 Å². The molecule has 0 bridgehead atoms. The van der Waals surface area contributed by atoms with Gasteiger partial charge in [0.25, 0.3) is 10.1 Å². The van der Waals surface area contributed by atoms with Gasteiger partial charge in [-0.1, -0.05) is 0 Å². The van der Waals surface area contributed by atoms with E-state index in [1.165, 1.54) is 0 Å². The first-order valence-electron chi connectivity index (χ1n) is 5.02. The molecule has 1 N–H and O–H groups in total. The Morgan fingerprint density at radius 2 is 1.78 bits per heavy atom. The second kappa shape index (κ2) is 9.12. The fourth-order valence-electron chi connectivity index (χ4n) is 1.13. The standard InChI is InChI=1S/C8H16NO6PS.Li.H/c1-3-14-16(10,15-4-2)8(7-9)5-6-17(11,12)13;;/h8H,3-6H2,1-2H3,(H,11,12,13);;. The minimum absolute atomic E-state index is 0. The van der Waals surface area contributed by atoms with E-state index in [1.807, 2.05) is 0 Å². The van der Waals surface area contributed by atoms with E-state index in [4.69, 9.17) is 18.9 Å². The van der Waals surface area contributed by atoms with E-state index in [0.29, 0.717) is 0 Å². The summed E-state index contributed by atoms with van der Waals surface area (Å²) in [5.41, 5.74) is -1.20. The van der Waals surface area contributed by atoms with Crippen molar-refractivity contribution >= 4 is 36.6 Å². The first-order valence-corrected chi connectivity index (χ1v) is 8.24. The molecule has 0 saturated carbocycles. The molecule has 1 unspecified atom stereocenters. The molecular weight excluding hydrogens is 276 g/mol. The number of hydrogen-bond acceptors (Lipinski definition) is 6. The molecule has 7 nitrogen and oxygen atoms in total. The van der Waals surface area contributed by atoms with Gasteiger partial charge < -0.3 is 9.05 Å². The number of hydrogen-bond donors (Lipinski definition) is 1. The van der Waals surface area contributed by atoms with Crippen molar-refractivity contribution in [3.63, 3.8) is 0 Å². The van der Waals surface area contributed by atoms with Gasteiger partial charge in [0.1, 0.15) is 5.66 Å². The van der Waals surface area contributed by atoms with Crippen LogP contribution < -0.4 is 0 Å². The third-order valence-corrected chi connectivity index (χ3v) is 4.92. The second-order valence-corrected chi connectivity index (χ2v) is 6.89. The Balaban J connectivity index is 0. The molecule has 1 atom stereocenters. The van der Waals surface area contributed by atoms with E-state index in [2.05, 4.69) is 0 Å². The van der Waals surface area contributed by atoms with Crippen LogP contribution in [-0.4, -0.2) is 56.5 Å². The van der Waals surface area contributed by atoms with Crippen LogP contribution in [0.1, 0.15) is 20.3 Å². The number of rotatable bonds is 8. The maximum absolute atomic E-state index is 12.1. The predicted molar refractivity (Wildman–Crippen MR) is 68.4 cm³/mol. The van der Waals surface area contributed by atoms with E-state index >= 15 is 0 Å². The Hall–Kier alpha value is 0.147. The van der Waals surface area contributed by atoms with Gasteiger partial charge in [-0.3, -0.25) is 9.12 Å². The van der Waals surface area contributed by atoms with E-state index in [1.54, 1.807) is 19.9 Å². The van der Waals surface area contributed by atoms with Crippen molar-refractivity contribution < 1.29 is 26.6 Å². The van der Waals surface area contributed by atoms with Crippen molar-refractivity contribution in [2.24, 2.45) is 0 Å².